The Morgan fingerprint density at radius 1 is 1.50 bits per heavy atom. The second kappa shape index (κ2) is 6.12. The molecule has 0 aromatic rings. The van der Waals surface area contributed by atoms with Gasteiger partial charge in [0.05, 0.1) is 11.0 Å². The smallest absolute Gasteiger partial charge is 0.0886 e. The van der Waals surface area contributed by atoms with Crippen LogP contribution < -0.4 is 4.72 Å². The van der Waals surface area contributed by atoms with Crippen LogP contribution in [-0.2, 0) is 11.0 Å². The van der Waals surface area contributed by atoms with Crippen molar-refractivity contribution in [3.63, 3.8) is 0 Å². The number of nitrogens with one attached hydrogen (secondary N) is 1. The van der Waals surface area contributed by atoms with Gasteiger partial charge in [0.15, 0.2) is 0 Å². The Morgan fingerprint density at radius 3 is 2.69 bits per heavy atom. The molecule has 3 unspecified atom stereocenters. The predicted octanol–water partition coefficient (Wildman–Crippen LogP) is 1.91. The van der Waals surface area contributed by atoms with E-state index in [1.165, 1.54) is 32.2 Å². The SMILES string of the molecule is CC.CCC12CCCN1CC(NS(C)=O)C2. The standard InChI is InChI=1S/C10H20N2OS.C2H6/c1-3-10-5-4-6-12(10)8-9(7-10)11-14(2)13;1-2/h9,11H,3-8H2,1-2H3;1-2H3. The van der Waals surface area contributed by atoms with Crippen LogP contribution in [0.15, 0.2) is 0 Å². The first kappa shape index (κ1) is 14.1. The Morgan fingerprint density at radius 2 is 2.19 bits per heavy atom. The largest absolute Gasteiger partial charge is 0.296 e. The average Bonchev–Trinajstić information content (AvgIpc) is 2.76. The van der Waals surface area contributed by atoms with Crippen LogP contribution in [0.2, 0.25) is 0 Å². The molecule has 0 saturated carbocycles. The average molecular weight is 246 g/mol. The van der Waals surface area contributed by atoms with Crippen LogP contribution in [0.3, 0.4) is 0 Å². The Kier molecular flexibility index (Phi) is 5.41. The molecule has 96 valence electrons. The van der Waals surface area contributed by atoms with Crippen molar-refractivity contribution in [3.8, 4) is 0 Å². The first-order chi connectivity index (χ1) is 7.66. The monoisotopic (exact) mass is 246 g/mol. The number of hydrogen-bond acceptors (Lipinski definition) is 2. The second-order valence-corrected chi connectivity index (χ2v) is 5.74. The molecular formula is C12H26N2OS. The third-order valence-corrected chi connectivity index (χ3v) is 4.46. The highest BCUT2D eigenvalue weighted by Gasteiger charge is 2.46. The second-order valence-electron chi connectivity index (χ2n) is 4.60. The number of hydrogen-bond donors (Lipinski definition) is 1. The van der Waals surface area contributed by atoms with Gasteiger partial charge in [-0.15, -0.1) is 0 Å². The van der Waals surface area contributed by atoms with Crippen LogP contribution in [0.5, 0.6) is 0 Å². The van der Waals surface area contributed by atoms with Gasteiger partial charge in [-0.1, -0.05) is 20.8 Å². The molecular weight excluding hydrogens is 220 g/mol. The summed E-state index contributed by atoms with van der Waals surface area (Å²) < 4.78 is 14.3. The molecule has 0 radical (unpaired) electrons. The summed E-state index contributed by atoms with van der Waals surface area (Å²) in [5, 5.41) is 0. The first-order valence-corrected chi connectivity index (χ1v) is 8.07. The van der Waals surface area contributed by atoms with Crippen LogP contribution in [0, 0.1) is 0 Å². The zero-order chi connectivity index (χ0) is 12.2. The molecule has 0 aromatic heterocycles. The van der Waals surface area contributed by atoms with Crippen molar-refractivity contribution in [1.29, 1.82) is 0 Å². The molecule has 0 aliphatic carbocycles. The van der Waals surface area contributed by atoms with Gasteiger partial charge in [-0.3, -0.25) is 4.90 Å². The van der Waals surface area contributed by atoms with Crippen LogP contribution >= 0.6 is 0 Å². The maximum atomic E-state index is 11.1. The summed E-state index contributed by atoms with van der Waals surface area (Å²) in [6.45, 7) is 8.61. The summed E-state index contributed by atoms with van der Waals surface area (Å²) in [6, 6.07) is 0.445. The highest BCUT2D eigenvalue weighted by Crippen LogP contribution is 2.41. The van der Waals surface area contributed by atoms with Gasteiger partial charge >= 0.3 is 0 Å². The third-order valence-electron chi connectivity index (χ3n) is 3.80. The Hall–Kier alpha value is 0.0700. The molecule has 2 saturated heterocycles. The van der Waals surface area contributed by atoms with Gasteiger partial charge in [0.2, 0.25) is 0 Å². The zero-order valence-electron chi connectivity index (χ0n) is 11.1. The Balaban J connectivity index is 0.000000606. The minimum Gasteiger partial charge on any atom is -0.296 e. The highest BCUT2D eigenvalue weighted by atomic mass is 32.2. The van der Waals surface area contributed by atoms with Gasteiger partial charge in [0, 0.05) is 24.4 Å². The van der Waals surface area contributed by atoms with E-state index in [2.05, 4.69) is 16.5 Å². The number of rotatable bonds is 3. The highest BCUT2D eigenvalue weighted by molar-refractivity contribution is 7.82. The normalized spacial score (nSPS) is 35.4. The summed E-state index contributed by atoms with van der Waals surface area (Å²) in [6.07, 6.45) is 6.82. The van der Waals surface area contributed by atoms with Crippen molar-refractivity contribution in [2.24, 2.45) is 0 Å². The molecule has 0 spiro atoms. The summed E-state index contributed by atoms with van der Waals surface area (Å²) in [7, 11) is -0.860. The first-order valence-electron chi connectivity index (χ1n) is 6.51. The van der Waals surface area contributed by atoms with Gasteiger partial charge in [0.25, 0.3) is 0 Å². The van der Waals surface area contributed by atoms with E-state index in [1.54, 1.807) is 6.26 Å². The maximum absolute atomic E-state index is 11.1. The third kappa shape index (κ3) is 2.84. The van der Waals surface area contributed by atoms with Gasteiger partial charge in [0.1, 0.15) is 0 Å². The zero-order valence-corrected chi connectivity index (χ0v) is 11.9. The lowest BCUT2D eigenvalue weighted by Crippen LogP contribution is -2.37. The molecule has 16 heavy (non-hydrogen) atoms. The molecule has 2 aliphatic heterocycles. The molecule has 2 heterocycles. The van der Waals surface area contributed by atoms with E-state index < -0.39 is 11.0 Å². The summed E-state index contributed by atoms with van der Waals surface area (Å²) in [5.74, 6) is 0. The molecule has 3 nitrogen and oxygen atoms in total. The minimum atomic E-state index is -0.860. The fourth-order valence-corrected chi connectivity index (χ4v) is 3.79. The molecule has 0 bridgehead atoms. The maximum Gasteiger partial charge on any atom is 0.0886 e. The van der Waals surface area contributed by atoms with Gasteiger partial charge in [-0.2, -0.15) is 0 Å². The topological polar surface area (TPSA) is 32.3 Å². The van der Waals surface area contributed by atoms with Gasteiger partial charge in [-0.05, 0) is 32.2 Å². The lowest BCUT2D eigenvalue weighted by molar-refractivity contribution is 0.189. The molecule has 4 heteroatoms. The summed E-state index contributed by atoms with van der Waals surface area (Å²) >= 11 is 0. The van der Waals surface area contributed by atoms with E-state index in [9.17, 15) is 4.21 Å². The molecule has 0 amide bonds. The Bertz CT molecular complexity index is 247. The Labute approximate surface area is 103 Å². The molecule has 2 fully saturated rings. The van der Waals surface area contributed by atoms with Crippen LogP contribution in [-0.4, -0.2) is 40.0 Å². The van der Waals surface area contributed by atoms with Gasteiger partial charge < -0.3 is 0 Å². The van der Waals surface area contributed by atoms with Crippen molar-refractivity contribution in [3.05, 3.63) is 0 Å². The minimum absolute atomic E-state index is 0.442. The number of nitrogens with zero attached hydrogens (tertiary/aromatic N) is 1. The predicted molar refractivity (Wildman–Crippen MR) is 70.8 cm³/mol. The van der Waals surface area contributed by atoms with Crippen molar-refractivity contribution in [2.75, 3.05) is 19.3 Å². The molecule has 2 rings (SSSR count). The molecule has 0 aromatic carbocycles. The van der Waals surface area contributed by atoms with Crippen LogP contribution in [0.25, 0.3) is 0 Å². The number of fused-ring (bicyclic) bond motifs is 1. The summed E-state index contributed by atoms with van der Waals surface area (Å²) in [5.41, 5.74) is 0.442. The quantitative estimate of drug-likeness (QED) is 0.825. The van der Waals surface area contributed by atoms with E-state index in [1.807, 2.05) is 13.8 Å². The van der Waals surface area contributed by atoms with Crippen molar-refractivity contribution in [2.45, 2.75) is 58.0 Å². The van der Waals surface area contributed by atoms with E-state index in [0.29, 0.717) is 11.6 Å². The lowest BCUT2D eigenvalue weighted by Gasteiger charge is -2.30. The fourth-order valence-electron chi connectivity index (χ4n) is 3.16. The van der Waals surface area contributed by atoms with Crippen LogP contribution in [0.1, 0.15) is 46.5 Å². The lowest BCUT2D eigenvalue weighted by atomic mass is 9.90. The molecule has 1 N–H and O–H groups in total. The van der Waals surface area contributed by atoms with E-state index in [0.717, 1.165) is 6.54 Å². The van der Waals surface area contributed by atoms with Crippen molar-refractivity contribution < 1.29 is 4.21 Å². The van der Waals surface area contributed by atoms with E-state index in [4.69, 9.17) is 0 Å². The van der Waals surface area contributed by atoms with Crippen molar-refractivity contribution >= 4 is 11.0 Å². The van der Waals surface area contributed by atoms with E-state index in [-0.39, 0.29) is 0 Å². The molecule has 2 aliphatic rings. The van der Waals surface area contributed by atoms with Crippen molar-refractivity contribution in [1.82, 2.24) is 9.62 Å². The van der Waals surface area contributed by atoms with Gasteiger partial charge in [-0.25, -0.2) is 8.93 Å². The molecule has 3 atom stereocenters. The van der Waals surface area contributed by atoms with E-state index >= 15 is 0 Å². The summed E-state index contributed by atoms with van der Waals surface area (Å²) in [4.78, 5) is 2.59. The van der Waals surface area contributed by atoms with Crippen LogP contribution in [0.4, 0.5) is 0 Å². The fraction of sp³-hybridized carbons (Fsp3) is 1.00.